The molecular weight excluding hydrogens is 248 g/mol. The van der Waals surface area contributed by atoms with Crippen LogP contribution in [-0.4, -0.2) is 21.5 Å². The number of hydrogen-bond acceptors (Lipinski definition) is 3. The van der Waals surface area contributed by atoms with Crippen molar-refractivity contribution in [3.8, 4) is 5.75 Å². The summed E-state index contributed by atoms with van der Waals surface area (Å²) in [6.45, 7) is 0. The molecule has 0 bridgehead atoms. The fourth-order valence-electron chi connectivity index (χ4n) is 2.31. The van der Waals surface area contributed by atoms with Crippen LogP contribution in [0.1, 0.15) is 36.0 Å². The number of carbonyl (C=O) groups is 1. The maximum Gasteiger partial charge on any atom is 0.252 e. The Morgan fingerprint density at radius 2 is 1.83 bits per heavy atom. The topological polar surface area (TPSA) is 75.3 Å². The van der Waals surface area contributed by atoms with E-state index in [1.165, 1.54) is 12.1 Å². The first kappa shape index (κ1) is 12.8. The van der Waals surface area contributed by atoms with Gasteiger partial charge in [0.1, 0.15) is 5.75 Å². The molecule has 4 N–H and O–H groups in total. The van der Waals surface area contributed by atoms with Gasteiger partial charge in [0, 0.05) is 5.56 Å². The minimum Gasteiger partial charge on any atom is -0.508 e. The second kappa shape index (κ2) is 4.94. The van der Waals surface area contributed by atoms with E-state index in [-0.39, 0.29) is 11.7 Å². The van der Waals surface area contributed by atoms with Crippen LogP contribution in [0.4, 0.5) is 0 Å². The SMILES string of the molecule is NC(=S)C1(NC(=O)c2ccc(O)cc2)CCCC1. The van der Waals surface area contributed by atoms with E-state index in [0.717, 1.165) is 25.7 Å². The van der Waals surface area contributed by atoms with E-state index in [0.29, 0.717) is 10.6 Å². The Kier molecular flexibility index (Phi) is 3.52. The van der Waals surface area contributed by atoms with E-state index in [1.54, 1.807) is 12.1 Å². The molecule has 2 rings (SSSR count). The Morgan fingerprint density at radius 3 is 2.33 bits per heavy atom. The number of nitrogens with two attached hydrogens (primary N) is 1. The van der Waals surface area contributed by atoms with Gasteiger partial charge in [-0.1, -0.05) is 25.1 Å². The number of hydrogen-bond donors (Lipinski definition) is 3. The molecule has 18 heavy (non-hydrogen) atoms. The normalized spacial score (nSPS) is 17.3. The Bertz CT molecular complexity index is 464. The summed E-state index contributed by atoms with van der Waals surface area (Å²) >= 11 is 5.08. The highest BCUT2D eigenvalue weighted by atomic mass is 32.1. The van der Waals surface area contributed by atoms with Crippen molar-refractivity contribution in [3.05, 3.63) is 29.8 Å². The van der Waals surface area contributed by atoms with Gasteiger partial charge in [0.05, 0.1) is 10.5 Å². The number of benzene rings is 1. The van der Waals surface area contributed by atoms with Crippen molar-refractivity contribution in [3.63, 3.8) is 0 Å². The summed E-state index contributed by atoms with van der Waals surface area (Å²) in [5.74, 6) is -0.0684. The Balaban J connectivity index is 2.15. The maximum absolute atomic E-state index is 12.1. The van der Waals surface area contributed by atoms with E-state index in [2.05, 4.69) is 5.32 Å². The van der Waals surface area contributed by atoms with Crippen LogP contribution < -0.4 is 11.1 Å². The van der Waals surface area contributed by atoms with Gasteiger partial charge in [-0.05, 0) is 37.1 Å². The van der Waals surface area contributed by atoms with Gasteiger partial charge in [-0.15, -0.1) is 0 Å². The molecule has 0 unspecified atom stereocenters. The minimum absolute atomic E-state index is 0.136. The summed E-state index contributed by atoms with van der Waals surface area (Å²) in [4.78, 5) is 12.5. The number of phenols is 1. The monoisotopic (exact) mass is 264 g/mol. The van der Waals surface area contributed by atoms with Crippen molar-refractivity contribution in [2.45, 2.75) is 31.2 Å². The highest BCUT2D eigenvalue weighted by molar-refractivity contribution is 7.80. The number of amides is 1. The van der Waals surface area contributed by atoms with Crippen LogP contribution in [0.15, 0.2) is 24.3 Å². The third kappa shape index (κ3) is 2.46. The predicted octanol–water partition coefficient (Wildman–Crippen LogP) is 1.72. The first-order valence-electron chi connectivity index (χ1n) is 5.95. The quantitative estimate of drug-likeness (QED) is 0.727. The molecule has 1 aliphatic rings. The minimum atomic E-state index is -0.537. The van der Waals surface area contributed by atoms with Crippen molar-refractivity contribution in [2.75, 3.05) is 0 Å². The molecule has 1 aromatic rings. The van der Waals surface area contributed by atoms with Crippen LogP contribution in [0.5, 0.6) is 5.75 Å². The van der Waals surface area contributed by atoms with Crippen LogP contribution in [0, 0.1) is 0 Å². The summed E-state index contributed by atoms with van der Waals surface area (Å²) in [5.41, 5.74) is 5.72. The lowest BCUT2D eigenvalue weighted by Gasteiger charge is -2.29. The average molecular weight is 264 g/mol. The van der Waals surface area contributed by atoms with Gasteiger partial charge in [-0.3, -0.25) is 4.79 Å². The molecule has 0 radical (unpaired) electrons. The standard InChI is InChI=1S/C13H16N2O2S/c14-12(18)13(7-1-2-8-13)15-11(17)9-3-5-10(16)6-4-9/h3-6,16H,1-2,7-8H2,(H2,14,18)(H,15,17). The molecule has 1 saturated carbocycles. The Morgan fingerprint density at radius 1 is 1.28 bits per heavy atom. The third-order valence-electron chi connectivity index (χ3n) is 3.41. The zero-order valence-corrected chi connectivity index (χ0v) is 10.8. The number of carbonyl (C=O) groups excluding carboxylic acids is 1. The highest BCUT2D eigenvalue weighted by Crippen LogP contribution is 2.30. The Labute approximate surface area is 111 Å². The summed E-state index contributed by atoms with van der Waals surface area (Å²) in [6, 6.07) is 6.12. The van der Waals surface area contributed by atoms with Crippen molar-refractivity contribution in [2.24, 2.45) is 5.73 Å². The molecule has 1 aliphatic carbocycles. The van der Waals surface area contributed by atoms with Crippen LogP contribution >= 0.6 is 12.2 Å². The van der Waals surface area contributed by atoms with Gasteiger partial charge in [-0.2, -0.15) is 0 Å². The molecule has 1 amide bonds. The molecule has 1 fully saturated rings. The van der Waals surface area contributed by atoms with Crippen molar-refractivity contribution in [1.82, 2.24) is 5.32 Å². The van der Waals surface area contributed by atoms with Crippen LogP contribution in [0.3, 0.4) is 0 Å². The summed E-state index contributed by atoms with van der Waals surface area (Å²) in [7, 11) is 0. The number of nitrogens with one attached hydrogen (secondary N) is 1. The molecule has 0 atom stereocenters. The first-order valence-corrected chi connectivity index (χ1v) is 6.36. The van der Waals surface area contributed by atoms with E-state index in [4.69, 9.17) is 18.0 Å². The first-order chi connectivity index (χ1) is 8.53. The van der Waals surface area contributed by atoms with E-state index in [1.807, 2.05) is 0 Å². The number of thiocarbonyl (C=S) groups is 1. The molecule has 0 aromatic heterocycles. The molecule has 1 aromatic carbocycles. The molecule has 0 aliphatic heterocycles. The van der Waals surface area contributed by atoms with Gasteiger partial charge in [0.15, 0.2) is 0 Å². The van der Waals surface area contributed by atoms with Crippen molar-refractivity contribution >= 4 is 23.1 Å². The third-order valence-corrected chi connectivity index (χ3v) is 3.80. The van der Waals surface area contributed by atoms with Crippen LogP contribution in [-0.2, 0) is 0 Å². The van der Waals surface area contributed by atoms with Gasteiger partial charge in [0.25, 0.3) is 5.91 Å². The maximum atomic E-state index is 12.1. The van der Waals surface area contributed by atoms with Gasteiger partial charge in [-0.25, -0.2) is 0 Å². The second-order valence-electron chi connectivity index (χ2n) is 4.65. The molecule has 0 saturated heterocycles. The van der Waals surface area contributed by atoms with Crippen molar-refractivity contribution < 1.29 is 9.90 Å². The molecule has 0 heterocycles. The zero-order chi connectivity index (χ0) is 13.2. The van der Waals surface area contributed by atoms with E-state index >= 15 is 0 Å². The molecule has 4 nitrogen and oxygen atoms in total. The summed E-state index contributed by atoms with van der Waals surface area (Å²) in [5, 5.41) is 12.1. The number of aromatic hydroxyl groups is 1. The molecular formula is C13H16N2O2S. The summed E-state index contributed by atoms with van der Waals surface area (Å²) < 4.78 is 0. The van der Waals surface area contributed by atoms with Crippen LogP contribution in [0.25, 0.3) is 0 Å². The molecule has 0 spiro atoms. The average Bonchev–Trinajstić information content (AvgIpc) is 2.79. The van der Waals surface area contributed by atoms with Gasteiger partial charge in [0.2, 0.25) is 0 Å². The zero-order valence-electron chi connectivity index (χ0n) is 9.98. The lowest BCUT2D eigenvalue weighted by Crippen LogP contribution is -2.54. The summed E-state index contributed by atoms with van der Waals surface area (Å²) in [6.07, 6.45) is 3.64. The fourth-order valence-corrected chi connectivity index (χ4v) is 2.57. The van der Waals surface area contributed by atoms with Gasteiger partial charge >= 0.3 is 0 Å². The smallest absolute Gasteiger partial charge is 0.252 e. The lowest BCUT2D eigenvalue weighted by molar-refractivity contribution is 0.0924. The van der Waals surface area contributed by atoms with E-state index < -0.39 is 5.54 Å². The Hall–Kier alpha value is -1.62. The number of phenolic OH excluding ortho intramolecular Hbond substituents is 1. The fraction of sp³-hybridized carbons (Fsp3) is 0.385. The number of rotatable bonds is 3. The second-order valence-corrected chi connectivity index (χ2v) is 5.09. The lowest BCUT2D eigenvalue weighted by atomic mass is 9.97. The molecule has 5 heteroatoms. The van der Waals surface area contributed by atoms with E-state index in [9.17, 15) is 9.90 Å². The van der Waals surface area contributed by atoms with Crippen LogP contribution in [0.2, 0.25) is 0 Å². The molecule has 96 valence electrons. The van der Waals surface area contributed by atoms with Gasteiger partial charge < -0.3 is 16.2 Å². The predicted molar refractivity (Wildman–Crippen MR) is 73.6 cm³/mol. The largest absolute Gasteiger partial charge is 0.508 e. The van der Waals surface area contributed by atoms with Crippen molar-refractivity contribution in [1.29, 1.82) is 0 Å². The highest BCUT2D eigenvalue weighted by Gasteiger charge is 2.38.